The Morgan fingerprint density at radius 3 is 2.50 bits per heavy atom. The van der Waals surface area contributed by atoms with Gasteiger partial charge in [0.1, 0.15) is 11.5 Å². The molecule has 0 saturated heterocycles. The van der Waals surface area contributed by atoms with Crippen molar-refractivity contribution in [1.82, 2.24) is 5.32 Å². The summed E-state index contributed by atoms with van der Waals surface area (Å²) in [6, 6.07) is 14.4. The van der Waals surface area contributed by atoms with Gasteiger partial charge in [-0.05, 0) is 68.9 Å². The number of hydrogen-bond acceptors (Lipinski definition) is 4. The number of benzene rings is 2. The first-order valence-electron chi connectivity index (χ1n) is 8.60. The van der Waals surface area contributed by atoms with E-state index in [0.29, 0.717) is 12.2 Å². The fourth-order valence-corrected chi connectivity index (χ4v) is 2.39. The molecule has 0 heterocycles. The smallest absolute Gasteiger partial charge is 0.257 e. The minimum atomic E-state index is -0.281. The molecule has 2 N–H and O–H groups in total. The molecule has 26 heavy (non-hydrogen) atoms. The van der Waals surface area contributed by atoms with Gasteiger partial charge in [0.2, 0.25) is 0 Å². The summed E-state index contributed by atoms with van der Waals surface area (Å²) in [7, 11) is 0. The molecule has 0 bridgehead atoms. The van der Waals surface area contributed by atoms with Gasteiger partial charge in [-0.3, -0.25) is 10.1 Å². The fourth-order valence-electron chi connectivity index (χ4n) is 2.18. The highest BCUT2D eigenvalue weighted by atomic mass is 32.1. The Labute approximate surface area is 159 Å². The van der Waals surface area contributed by atoms with Gasteiger partial charge in [-0.2, -0.15) is 0 Å². The molecule has 0 aliphatic heterocycles. The van der Waals surface area contributed by atoms with Crippen molar-refractivity contribution in [2.45, 2.75) is 33.3 Å². The van der Waals surface area contributed by atoms with Crippen molar-refractivity contribution in [1.29, 1.82) is 0 Å². The maximum atomic E-state index is 12.3. The number of rotatable bonds is 7. The lowest BCUT2D eigenvalue weighted by atomic mass is 10.2. The Kier molecular flexibility index (Phi) is 7.41. The number of nitrogens with one attached hydrogen (secondary N) is 2. The van der Waals surface area contributed by atoms with E-state index in [4.69, 9.17) is 21.7 Å². The molecule has 0 unspecified atom stereocenters. The third kappa shape index (κ3) is 6.37. The van der Waals surface area contributed by atoms with Crippen LogP contribution in [-0.4, -0.2) is 23.7 Å². The van der Waals surface area contributed by atoms with Crippen LogP contribution in [0.15, 0.2) is 48.5 Å². The second kappa shape index (κ2) is 9.77. The van der Waals surface area contributed by atoms with E-state index in [9.17, 15) is 4.79 Å². The molecule has 0 saturated carbocycles. The van der Waals surface area contributed by atoms with Crippen molar-refractivity contribution in [3.63, 3.8) is 0 Å². The maximum Gasteiger partial charge on any atom is 0.257 e. The predicted octanol–water partition coefficient (Wildman–Crippen LogP) is 4.39. The predicted molar refractivity (Wildman–Crippen MR) is 108 cm³/mol. The van der Waals surface area contributed by atoms with Crippen molar-refractivity contribution in [2.75, 3.05) is 11.9 Å². The number of anilines is 1. The van der Waals surface area contributed by atoms with Gasteiger partial charge in [0.15, 0.2) is 5.11 Å². The molecule has 5 nitrogen and oxygen atoms in total. The van der Waals surface area contributed by atoms with E-state index in [1.807, 2.05) is 45.0 Å². The molecule has 0 atom stereocenters. The van der Waals surface area contributed by atoms with Crippen LogP contribution in [0.4, 0.5) is 5.69 Å². The first-order chi connectivity index (χ1) is 12.5. The van der Waals surface area contributed by atoms with Gasteiger partial charge in [-0.25, -0.2) is 0 Å². The van der Waals surface area contributed by atoms with E-state index in [2.05, 4.69) is 10.6 Å². The normalized spacial score (nSPS) is 10.3. The quantitative estimate of drug-likeness (QED) is 0.706. The summed E-state index contributed by atoms with van der Waals surface area (Å²) in [6.07, 6.45) is 1.02. The van der Waals surface area contributed by atoms with Crippen molar-refractivity contribution in [3.8, 4) is 11.5 Å². The van der Waals surface area contributed by atoms with E-state index < -0.39 is 0 Å². The van der Waals surface area contributed by atoms with Crippen molar-refractivity contribution in [3.05, 3.63) is 54.1 Å². The molecule has 1 amide bonds. The lowest BCUT2D eigenvalue weighted by Gasteiger charge is -2.12. The molecule has 0 aliphatic carbocycles. The number of carbonyl (C=O) groups excluding carboxylic acids is 1. The molecule has 6 heteroatoms. The number of carbonyl (C=O) groups is 1. The Hall–Kier alpha value is -2.60. The second-order valence-corrected chi connectivity index (χ2v) is 6.38. The van der Waals surface area contributed by atoms with E-state index in [1.54, 1.807) is 24.3 Å². The number of ether oxygens (including phenoxy) is 2. The van der Waals surface area contributed by atoms with Gasteiger partial charge in [0.05, 0.1) is 12.7 Å². The first-order valence-corrected chi connectivity index (χ1v) is 9.00. The zero-order valence-electron chi connectivity index (χ0n) is 15.2. The van der Waals surface area contributed by atoms with E-state index >= 15 is 0 Å². The highest BCUT2D eigenvalue weighted by Crippen LogP contribution is 2.18. The van der Waals surface area contributed by atoms with Gasteiger partial charge < -0.3 is 14.8 Å². The molecule has 0 spiro atoms. The summed E-state index contributed by atoms with van der Waals surface area (Å²) >= 11 is 5.22. The van der Waals surface area contributed by atoms with Crippen LogP contribution >= 0.6 is 12.2 Å². The minimum absolute atomic E-state index is 0.0866. The van der Waals surface area contributed by atoms with E-state index in [0.717, 1.165) is 23.6 Å². The summed E-state index contributed by atoms with van der Waals surface area (Å²) in [4.78, 5) is 12.3. The van der Waals surface area contributed by atoms with Gasteiger partial charge in [-0.1, -0.05) is 13.0 Å². The van der Waals surface area contributed by atoms with E-state index in [-0.39, 0.29) is 17.1 Å². The lowest BCUT2D eigenvalue weighted by Crippen LogP contribution is -2.34. The van der Waals surface area contributed by atoms with Crippen LogP contribution in [0.1, 0.15) is 37.6 Å². The molecule has 0 aromatic heterocycles. The number of thiocarbonyl (C=S) groups is 1. The molecule has 0 aliphatic rings. The fraction of sp³-hybridized carbons (Fsp3) is 0.300. The molecule has 138 valence electrons. The van der Waals surface area contributed by atoms with Crippen LogP contribution in [0.2, 0.25) is 0 Å². The van der Waals surface area contributed by atoms with Gasteiger partial charge in [0.25, 0.3) is 5.91 Å². The molecule has 2 aromatic rings. The Balaban J connectivity index is 1.91. The average molecular weight is 372 g/mol. The van der Waals surface area contributed by atoms with Crippen LogP contribution in [0, 0.1) is 0 Å². The summed E-state index contributed by atoms with van der Waals surface area (Å²) < 4.78 is 11.2. The summed E-state index contributed by atoms with van der Waals surface area (Å²) in [5.74, 6) is 1.20. The molecule has 2 aromatic carbocycles. The van der Waals surface area contributed by atoms with Crippen LogP contribution in [-0.2, 0) is 0 Å². The van der Waals surface area contributed by atoms with Crippen molar-refractivity contribution in [2.24, 2.45) is 0 Å². The van der Waals surface area contributed by atoms with Crippen molar-refractivity contribution >= 4 is 28.9 Å². The highest BCUT2D eigenvalue weighted by molar-refractivity contribution is 7.80. The summed E-state index contributed by atoms with van der Waals surface area (Å²) in [5.41, 5.74) is 1.26. The maximum absolute atomic E-state index is 12.3. The Morgan fingerprint density at radius 2 is 1.85 bits per heavy atom. The first kappa shape index (κ1) is 19.7. The average Bonchev–Trinajstić information content (AvgIpc) is 2.60. The number of hydrogen-bond donors (Lipinski definition) is 2. The van der Waals surface area contributed by atoms with Crippen LogP contribution < -0.4 is 20.1 Å². The van der Waals surface area contributed by atoms with Crippen LogP contribution in [0.25, 0.3) is 0 Å². The molecule has 2 rings (SSSR count). The molecular weight excluding hydrogens is 348 g/mol. The van der Waals surface area contributed by atoms with E-state index in [1.165, 1.54) is 0 Å². The zero-order valence-corrected chi connectivity index (χ0v) is 16.1. The molecule has 0 radical (unpaired) electrons. The number of amides is 1. The second-order valence-electron chi connectivity index (χ2n) is 5.98. The van der Waals surface area contributed by atoms with Crippen molar-refractivity contribution < 1.29 is 14.3 Å². The monoisotopic (exact) mass is 372 g/mol. The molecule has 0 fully saturated rings. The highest BCUT2D eigenvalue weighted by Gasteiger charge is 2.09. The third-order valence-electron chi connectivity index (χ3n) is 3.28. The van der Waals surface area contributed by atoms with Crippen LogP contribution in [0.3, 0.4) is 0 Å². The standard InChI is InChI=1S/C20H24N2O3S/c1-4-12-24-18-7-5-6-16(13-18)21-20(26)22-19(23)15-8-10-17(11-9-15)25-14(2)3/h5-11,13-14H,4,12H2,1-3H3,(H2,21,22,23,26). The SMILES string of the molecule is CCCOc1cccc(NC(=S)NC(=O)c2ccc(OC(C)C)cc2)c1. The van der Waals surface area contributed by atoms with Crippen LogP contribution in [0.5, 0.6) is 11.5 Å². The lowest BCUT2D eigenvalue weighted by molar-refractivity contribution is 0.0977. The molecular formula is C20H24N2O3S. The van der Waals surface area contributed by atoms with Gasteiger partial charge in [-0.15, -0.1) is 0 Å². The third-order valence-corrected chi connectivity index (χ3v) is 3.48. The van der Waals surface area contributed by atoms with Gasteiger partial charge in [0, 0.05) is 17.3 Å². The topological polar surface area (TPSA) is 59.6 Å². The summed E-state index contributed by atoms with van der Waals surface area (Å²) in [6.45, 7) is 6.61. The zero-order chi connectivity index (χ0) is 18.9. The van der Waals surface area contributed by atoms with Gasteiger partial charge >= 0.3 is 0 Å². The minimum Gasteiger partial charge on any atom is -0.494 e. The Morgan fingerprint density at radius 1 is 1.12 bits per heavy atom. The Bertz CT molecular complexity index is 745. The summed E-state index contributed by atoms with van der Waals surface area (Å²) in [5, 5.41) is 5.89. The largest absolute Gasteiger partial charge is 0.494 e.